The summed E-state index contributed by atoms with van der Waals surface area (Å²) in [6, 6.07) is -0.304. The van der Waals surface area contributed by atoms with Gasteiger partial charge in [0, 0.05) is 18.6 Å². The maximum absolute atomic E-state index is 11.3. The zero-order chi connectivity index (χ0) is 10.4. The lowest BCUT2D eigenvalue weighted by atomic mass is 10.4. The molecular weight excluding hydrogens is 204 g/mol. The van der Waals surface area contributed by atoms with Crippen LogP contribution >= 0.6 is 11.5 Å². The molecule has 0 radical (unpaired) electrons. The van der Waals surface area contributed by atoms with Crippen LogP contribution in [0, 0.1) is 0 Å². The predicted molar refractivity (Wildman–Crippen MR) is 53.4 cm³/mol. The highest BCUT2D eigenvalue weighted by molar-refractivity contribution is 7.10. The molecule has 0 spiro atoms. The summed E-state index contributed by atoms with van der Waals surface area (Å²) in [4.78, 5) is 11.3. The number of urea groups is 1. The summed E-state index contributed by atoms with van der Waals surface area (Å²) < 4.78 is 8.49. The first-order valence-corrected chi connectivity index (χ1v) is 4.83. The molecule has 0 saturated carbocycles. The number of carbonyl (C=O) groups excluding carboxylic acids is 1. The number of ether oxygens (including phenoxy) is 1. The number of nitrogens with zero attached hydrogens (tertiary/aromatic N) is 2. The first kappa shape index (κ1) is 10.9. The molecule has 0 aliphatic heterocycles. The summed E-state index contributed by atoms with van der Waals surface area (Å²) in [5, 5.41) is 9.50. The van der Waals surface area contributed by atoms with Gasteiger partial charge in [0.2, 0.25) is 0 Å². The Bertz CT molecular complexity index is 277. The van der Waals surface area contributed by atoms with Gasteiger partial charge in [0.05, 0.1) is 18.8 Å². The Morgan fingerprint density at radius 3 is 3.14 bits per heavy atom. The lowest BCUT2D eigenvalue weighted by molar-refractivity contribution is 0.173. The smallest absolute Gasteiger partial charge is 0.320 e. The monoisotopic (exact) mass is 216 g/mol. The number of hydrogen-bond donors (Lipinski definition) is 2. The second-order valence-corrected chi connectivity index (χ2v) is 3.52. The molecule has 78 valence electrons. The van der Waals surface area contributed by atoms with Gasteiger partial charge in [-0.15, -0.1) is 5.10 Å². The number of amides is 2. The first-order chi connectivity index (χ1) is 6.72. The molecule has 1 unspecified atom stereocenters. The van der Waals surface area contributed by atoms with Gasteiger partial charge in [-0.2, -0.15) is 0 Å². The molecule has 0 saturated heterocycles. The van der Waals surface area contributed by atoms with E-state index in [4.69, 9.17) is 4.74 Å². The van der Waals surface area contributed by atoms with Crippen molar-refractivity contribution in [1.82, 2.24) is 14.9 Å². The maximum atomic E-state index is 11.3. The van der Waals surface area contributed by atoms with Crippen molar-refractivity contribution in [3.63, 3.8) is 0 Å². The summed E-state index contributed by atoms with van der Waals surface area (Å²) in [6.45, 7) is 2.34. The van der Waals surface area contributed by atoms with Gasteiger partial charge in [0.25, 0.3) is 0 Å². The quantitative estimate of drug-likeness (QED) is 0.776. The molecule has 7 heteroatoms. The number of rotatable bonds is 4. The second kappa shape index (κ2) is 5.51. The van der Waals surface area contributed by atoms with Crippen molar-refractivity contribution >= 4 is 22.6 Å². The maximum Gasteiger partial charge on any atom is 0.320 e. The van der Waals surface area contributed by atoms with Crippen LogP contribution in [0.1, 0.15) is 6.92 Å². The Labute approximate surface area is 85.8 Å². The van der Waals surface area contributed by atoms with Gasteiger partial charge in [-0.25, -0.2) is 4.79 Å². The van der Waals surface area contributed by atoms with Gasteiger partial charge < -0.3 is 10.1 Å². The van der Waals surface area contributed by atoms with Gasteiger partial charge in [-0.05, 0) is 6.92 Å². The Hall–Kier alpha value is -1.21. The van der Waals surface area contributed by atoms with Gasteiger partial charge >= 0.3 is 6.03 Å². The fraction of sp³-hybridized carbons (Fsp3) is 0.571. The van der Waals surface area contributed by atoms with E-state index in [-0.39, 0.29) is 12.1 Å². The van der Waals surface area contributed by atoms with E-state index in [1.54, 1.807) is 7.11 Å². The zero-order valence-electron chi connectivity index (χ0n) is 7.98. The Morgan fingerprint density at radius 2 is 2.57 bits per heavy atom. The van der Waals surface area contributed by atoms with Crippen LogP contribution in [-0.2, 0) is 4.74 Å². The fourth-order valence-electron chi connectivity index (χ4n) is 0.886. The van der Waals surface area contributed by atoms with Gasteiger partial charge in [0.15, 0.2) is 0 Å². The molecule has 0 aliphatic rings. The minimum atomic E-state index is -0.277. The SMILES string of the molecule is COCC(C)NC(=O)Nc1cnns1. The summed E-state index contributed by atoms with van der Waals surface area (Å²) in [5.41, 5.74) is 0. The van der Waals surface area contributed by atoms with E-state index in [0.29, 0.717) is 11.6 Å². The first-order valence-electron chi connectivity index (χ1n) is 4.06. The normalized spacial score (nSPS) is 12.1. The van der Waals surface area contributed by atoms with Crippen LogP contribution in [-0.4, -0.2) is 35.4 Å². The average molecular weight is 216 g/mol. The van der Waals surface area contributed by atoms with Gasteiger partial charge in [-0.3, -0.25) is 5.32 Å². The molecule has 1 aromatic heterocycles. The third kappa shape index (κ3) is 3.67. The highest BCUT2D eigenvalue weighted by Gasteiger charge is 2.07. The fourth-order valence-corrected chi connectivity index (χ4v) is 1.30. The largest absolute Gasteiger partial charge is 0.383 e. The number of nitrogens with one attached hydrogen (secondary N) is 2. The Balaban J connectivity index is 2.29. The number of carbonyl (C=O) groups is 1. The molecule has 1 rings (SSSR count). The minimum absolute atomic E-state index is 0.0270. The topological polar surface area (TPSA) is 76.1 Å². The van der Waals surface area contributed by atoms with E-state index >= 15 is 0 Å². The Morgan fingerprint density at radius 1 is 1.79 bits per heavy atom. The van der Waals surface area contributed by atoms with Crippen LogP contribution in [0.5, 0.6) is 0 Å². The van der Waals surface area contributed by atoms with Crippen molar-refractivity contribution in [2.75, 3.05) is 19.0 Å². The minimum Gasteiger partial charge on any atom is -0.383 e. The Kier molecular flexibility index (Phi) is 4.27. The summed E-state index contributed by atoms with van der Waals surface area (Å²) in [5.74, 6) is 0. The summed E-state index contributed by atoms with van der Waals surface area (Å²) in [6.07, 6.45) is 1.49. The van der Waals surface area contributed by atoms with Crippen LogP contribution in [0.3, 0.4) is 0 Å². The van der Waals surface area contributed by atoms with Crippen LogP contribution in [0.4, 0.5) is 9.80 Å². The summed E-state index contributed by atoms with van der Waals surface area (Å²) >= 11 is 1.13. The molecule has 0 bridgehead atoms. The van der Waals surface area contributed by atoms with Gasteiger partial charge in [0.1, 0.15) is 5.00 Å². The standard InChI is InChI=1S/C7H12N4O2S/c1-5(4-13-2)9-7(12)10-6-3-8-11-14-6/h3,5H,4H2,1-2H3,(H2,9,10,12). The number of anilines is 1. The van der Waals surface area contributed by atoms with E-state index in [9.17, 15) is 4.79 Å². The van der Waals surface area contributed by atoms with Crippen LogP contribution in [0.25, 0.3) is 0 Å². The molecular formula is C7H12N4O2S. The van der Waals surface area contributed by atoms with Crippen molar-refractivity contribution in [3.05, 3.63) is 6.20 Å². The molecule has 1 atom stereocenters. The van der Waals surface area contributed by atoms with Crippen molar-refractivity contribution in [1.29, 1.82) is 0 Å². The van der Waals surface area contributed by atoms with Crippen molar-refractivity contribution in [3.8, 4) is 0 Å². The molecule has 0 aliphatic carbocycles. The van der Waals surface area contributed by atoms with Crippen molar-refractivity contribution < 1.29 is 9.53 Å². The number of aromatic nitrogens is 2. The predicted octanol–water partition coefficient (Wildman–Crippen LogP) is 0.694. The molecule has 2 amide bonds. The third-order valence-electron chi connectivity index (χ3n) is 1.39. The van der Waals surface area contributed by atoms with Crippen LogP contribution < -0.4 is 10.6 Å². The van der Waals surface area contributed by atoms with E-state index < -0.39 is 0 Å². The second-order valence-electron chi connectivity index (χ2n) is 2.74. The molecule has 0 aromatic carbocycles. The molecule has 0 fully saturated rings. The van der Waals surface area contributed by atoms with E-state index in [2.05, 4.69) is 20.2 Å². The average Bonchev–Trinajstić information content (AvgIpc) is 2.56. The van der Waals surface area contributed by atoms with Crippen LogP contribution in [0.2, 0.25) is 0 Å². The van der Waals surface area contributed by atoms with Gasteiger partial charge in [-0.1, -0.05) is 4.49 Å². The molecule has 1 aromatic rings. The molecule has 1 heterocycles. The number of methoxy groups -OCH3 is 1. The van der Waals surface area contributed by atoms with E-state index in [1.807, 2.05) is 6.92 Å². The van der Waals surface area contributed by atoms with Crippen LogP contribution in [0.15, 0.2) is 6.20 Å². The molecule has 14 heavy (non-hydrogen) atoms. The molecule has 2 N–H and O–H groups in total. The highest BCUT2D eigenvalue weighted by Crippen LogP contribution is 2.08. The lowest BCUT2D eigenvalue weighted by Crippen LogP contribution is -2.38. The molecule has 6 nitrogen and oxygen atoms in total. The highest BCUT2D eigenvalue weighted by atomic mass is 32.1. The van der Waals surface area contributed by atoms with E-state index in [0.717, 1.165) is 11.5 Å². The lowest BCUT2D eigenvalue weighted by Gasteiger charge is -2.12. The third-order valence-corrected chi connectivity index (χ3v) is 1.97. The zero-order valence-corrected chi connectivity index (χ0v) is 8.80. The van der Waals surface area contributed by atoms with Crippen molar-refractivity contribution in [2.45, 2.75) is 13.0 Å². The van der Waals surface area contributed by atoms with Crippen molar-refractivity contribution in [2.24, 2.45) is 0 Å². The van der Waals surface area contributed by atoms with E-state index in [1.165, 1.54) is 6.20 Å². The number of hydrogen-bond acceptors (Lipinski definition) is 5. The summed E-state index contributed by atoms with van der Waals surface area (Å²) in [7, 11) is 1.59.